The first-order valence-electron chi connectivity index (χ1n) is 8.35. The second kappa shape index (κ2) is 8.69. The predicted molar refractivity (Wildman–Crippen MR) is 106 cm³/mol. The molecular weight excluding hydrogens is 327 g/mol. The summed E-state index contributed by atoms with van der Waals surface area (Å²) in [7, 11) is 3.07. The van der Waals surface area contributed by atoms with Gasteiger partial charge in [-0.1, -0.05) is 74.7 Å². The third kappa shape index (κ3) is 4.41. The lowest BCUT2D eigenvalue weighted by atomic mass is 10.2. The monoisotopic (exact) mass is 350 g/mol. The van der Waals surface area contributed by atoms with Gasteiger partial charge in [0.25, 0.3) is 0 Å². The van der Waals surface area contributed by atoms with Gasteiger partial charge in [0, 0.05) is 12.3 Å². The van der Waals surface area contributed by atoms with Gasteiger partial charge in [0.2, 0.25) is 0 Å². The van der Waals surface area contributed by atoms with E-state index in [1.807, 2.05) is 24.3 Å². The number of hydrogen-bond donors (Lipinski definition) is 0. The van der Waals surface area contributed by atoms with Crippen molar-refractivity contribution in [1.82, 2.24) is 0 Å². The van der Waals surface area contributed by atoms with E-state index in [9.17, 15) is 0 Å². The van der Waals surface area contributed by atoms with Crippen molar-refractivity contribution in [1.29, 1.82) is 0 Å². The fraction of sp³-hybridized carbons (Fsp3) is 0.182. The molecule has 25 heavy (non-hydrogen) atoms. The van der Waals surface area contributed by atoms with E-state index in [-0.39, 0.29) is 0 Å². The Hall–Kier alpha value is -2.31. The molecule has 0 atom stereocenters. The maximum Gasteiger partial charge on any atom is 0.122 e. The van der Waals surface area contributed by atoms with Gasteiger partial charge in [-0.25, -0.2) is 0 Å². The Morgan fingerprint density at radius 2 is 1.04 bits per heavy atom. The lowest BCUT2D eigenvalue weighted by Crippen LogP contribution is -2.05. The molecule has 128 valence electrons. The van der Waals surface area contributed by atoms with Gasteiger partial charge >= 0.3 is 0 Å². The highest BCUT2D eigenvalue weighted by molar-refractivity contribution is 7.64. The molecule has 2 nitrogen and oxygen atoms in total. The molecule has 3 rings (SSSR count). The minimum atomic E-state index is -0.412. The van der Waals surface area contributed by atoms with Gasteiger partial charge < -0.3 is 9.47 Å². The third-order valence-electron chi connectivity index (χ3n) is 4.23. The maximum absolute atomic E-state index is 5.56. The van der Waals surface area contributed by atoms with Crippen LogP contribution in [0.2, 0.25) is 0 Å². The summed E-state index contributed by atoms with van der Waals surface area (Å²) in [5.74, 6) is 1.93. The van der Waals surface area contributed by atoms with Crippen molar-refractivity contribution in [2.24, 2.45) is 0 Å². The van der Waals surface area contributed by atoms with Crippen LogP contribution in [0.15, 0.2) is 78.9 Å². The molecule has 0 N–H and O–H groups in total. The summed E-state index contributed by atoms with van der Waals surface area (Å²) >= 11 is 0. The largest absolute Gasteiger partial charge is 0.496 e. The minimum absolute atomic E-state index is 0.412. The summed E-state index contributed by atoms with van der Waals surface area (Å²) in [5, 5.41) is 1.40. The van der Waals surface area contributed by atoms with Crippen molar-refractivity contribution >= 4 is 13.2 Å². The minimum Gasteiger partial charge on any atom is -0.496 e. The Morgan fingerprint density at radius 1 is 0.600 bits per heavy atom. The topological polar surface area (TPSA) is 18.5 Å². The van der Waals surface area contributed by atoms with Crippen molar-refractivity contribution in [2.45, 2.75) is 12.3 Å². The molecule has 0 aromatic heterocycles. The molecule has 0 aliphatic heterocycles. The first-order chi connectivity index (χ1) is 12.3. The normalized spacial score (nSPS) is 10.7. The van der Waals surface area contributed by atoms with Crippen LogP contribution in [0.4, 0.5) is 0 Å². The van der Waals surface area contributed by atoms with E-state index in [0.717, 1.165) is 23.8 Å². The molecule has 0 unspecified atom stereocenters. The zero-order valence-corrected chi connectivity index (χ0v) is 15.6. The SMILES string of the molecule is COc1ccccc1CP(Cc1ccccc1OC)c1ccccc1. The highest BCUT2D eigenvalue weighted by Crippen LogP contribution is 2.45. The fourth-order valence-electron chi connectivity index (χ4n) is 2.96. The van der Waals surface area contributed by atoms with Crippen molar-refractivity contribution in [2.75, 3.05) is 14.2 Å². The smallest absolute Gasteiger partial charge is 0.122 e. The fourth-order valence-corrected chi connectivity index (χ4v) is 5.37. The molecular formula is C22H23O2P. The molecule has 0 fully saturated rings. The molecule has 3 aromatic rings. The molecule has 3 aromatic carbocycles. The average molecular weight is 350 g/mol. The van der Waals surface area contributed by atoms with E-state index in [0.29, 0.717) is 0 Å². The summed E-state index contributed by atoms with van der Waals surface area (Å²) in [6, 6.07) is 27.4. The van der Waals surface area contributed by atoms with E-state index in [1.54, 1.807) is 14.2 Å². The quantitative estimate of drug-likeness (QED) is 0.545. The highest BCUT2D eigenvalue weighted by Gasteiger charge is 2.16. The number of rotatable bonds is 7. The van der Waals surface area contributed by atoms with Gasteiger partial charge in [0.05, 0.1) is 14.2 Å². The molecule has 0 aliphatic carbocycles. The maximum atomic E-state index is 5.56. The van der Waals surface area contributed by atoms with Crippen molar-refractivity contribution in [3.8, 4) is 11.5 Å². The van der Waals surface area contributed by atoms with Crippen LogP contribution < -0.4 is 14.8 Å². The Kier molecular flexibility index (Phi) is 6.09. The van der Waals surface area contributed by atoms with Crippen LogP contribution in [-0.2, 0) is 12.3 Å². The van der Waals surface area contributed by atoms with E-state index < -0.39 is 7.92 Å². The van der Waals surface area contributed by atoms with Crippen LogP contribution in [0, 0.1) is 0 Å². The summed E-state index contributed by atoms with van der Waals surface area (Å²) in [4.78, 5) is 0. The molecule has 0 bridgehead atoms. The van der Waals surface area contributed by atoms with Crippen molar-refractivity contribution in [3.63, 3.8) is 0 Å². The van der Waals surface area contributed by atoms with E-state index in [1.165, 1.54) is 16.4 Å². The van der Waals surface area contributed by atoms with Gasteiger partial charge in [-0.3, -0.25) is 0 Å². The van der Waals surface area contributed by atoms with E-state index in [2.05, 4.69) is 54.6 Å². The van der Waals surface area contributed by atoms with Crippen molar-refractivity contribution in [3.05, 3.63) is 90.0 Å². The summed E-state index contributed by atoms with van der Waals surface area (Å²) in [6.45, 7) is 0. The third-order valence-corrected chi connectivity index (χ3v) is 6.70. The van der Waals surface area contributed by atoms with Gasteiger partial charge in [-0.2, -0.15) is 0 Å². The van der Waals surface area contributed by atoms with Gasteiger partial charge in [-0.15, -0.1) is 0 Å². The lowest BCUT2D eigenvalue weighted by molar-refractivity contribution is 0.411. The Bertz CT molecular complexity index is 752. The van der Waals surface area contributed by atoms with Crippen LogP contribution in [0.25, 0.3) is 0 Å². The molecule has 0 radical (unpaired) electrons. The highest BCUT2D eigenvalue weighted by atomic mass is 31.1. The molecule has 0 heterocycles. The number of methoxy groups -OCH3 is 2. The number of hydrogen-bond acceptors (Lipinski definition) is 2. The standard InChI is InChI=1S/C22H23O2P/c1-23-21-14-8-6-10-18(21)16-25(20-12-4-3-5-13-20)17-19-11-7-9-15-22(19)24-2/h3-15H,16-17H2,1-2H3. The van der Waals surface area contributed by atoms with Crippen molar-refractivity contribution < 1.29 is 9.47 Å². The van der Waals surface area contributed by atoms with Crippen LogP contribution >= 0.6 is 7.92 Å². The number of para-hydroxylation sites is 2. The second-order valence-electron chi connectivity index (χ2n) is 5.82. The van der Waals surface area contributed by atoms with E-state index in [4.69, 9.17) is 9.47 Å². The summed E-state index contributed by atoms with van der Waals surface area (Å²) in [6.07, 6.45) is 1.98. The molecule has 0 spiro atoms. The van der Waals surface area contributed by atoms with Crippen LogP contribution in [0.5, 0.6) is 11.5 Å². The molecule has 0 aliphatic rings. The zero-order chi connectivity index (χ0) is 17.5. The Morgan fingerprint density at radius 3 is 1.52 bits per heavy atom. The average Bonchev–Trinajstić information content (AvgIpc) is 2.69. The summed E-state index contributed by atoms with van der Waals surface area (Å²) < 4.78 is 11.1. The Labute approximate surface area is 151 Å². The lowest BCUT2D eigenvalue weighted by Gasteiger charge is -2.21. The molecule has 0 saturated heterocycles. The predicted octanol–water partition coefficient (Wildman–Crippen LogP) is 5.21. The van der Waals surface area contributed by atoms with Gasteiger partial charge in [0.15, 0.2) is 0 Å². The summed E-state index contributed by atoms with van der Waals surface area (Å²) in [5.41, 5.74) is 2.52. The van der Waals surface area contributed by atoms with Gasteiger partial charge in [-0.05, 0) is 28.6 Å². The molecule has 0 saturated carbocycles. The first-order valence-corrected chi connectivity index (χ1v) is 10.1. The zero-order valence-electron chi connectivity index (χ0n) is 14.7. The van der Waals surface area contributed by atoms with Crippen LogP contribution in [-0.4, -0.2) is 14.2 Å². The molecule has 0 amide bonds. The number of ether oxygens (including phenoxy) is 2. The van der Waals surface area contributed by atoms with Crippen LogP contribution in [0.3, 0.4) is 0 Å². The van der Waals surface area contributed by atoms with E-state index >= 15 is 0 Å². The van der Waals surface area contributed by atoms with Gasteiger partial charge in [0.1, 0.15) is 11.5 Å². The first kappa shape index (κ1) is 17.5. The number of benzene rings is 3. The molecule has 3 heteroatoms. The van der Waals surface area contributed by atoms with Crippen LogP contribution in [0.1, 0.15) is 11.1 Å². The Balaban J connectivity index is 1.93. The second-order valence-corrected chi connectivity index (χ2v) is 8.04.